The van der Waals surface area contributed by atoms with E-state index in [0.29, 0.717) is 11.7 Å². The van der Waals surface area contributed by atoms with Gasteiger partial charge in [0.05, 0.1) is 6.20 Å². The van der Waals surface area contributed by atoms with Crippen LogP contribution in [0.5, 0.6) is 0 Å². The summed E-state index contributed by atoms with van der Waals surface area (Å²) in [7, 11) is 0. The molecule has 1 aromatic rings. The van der Waals surface area contributed by atoms with Crippen molar-refractivity contribution in [3.8, 4) is 0 Å². The maximum atomic E-state index is 12.6. The number of aliphatic hydroxyl groups is 1. The van der Waals surface area contributed by atoms with Gasteiger partial charge in [-0.15, -0.1) is 0 Å². The molecule has 0 aromatic carbocycles. The summed E-state index contributed by atoms with van der Waals surface area (Å²) in [4.78, 5) is 3.92. The Morgan fingerprint density at radius 2 is 2.25 bits per heavy atom. The van der Waals surface area contributed by atoms with Crippen LogP contribution in [0.3, 0.4) is 0 Å². The molecule has 1 aromatic heterocycles. The highest BCUT2D eigenvalue weighted by molar-refractivity contribution is 5.33. The normalized spacial score (nSPS) is 12.4. The van der Waals surface area contributed by atoms with Gasteiger partial charge in [0.25, 0.3) is 0 Å². The third kappa shape index (κ3) is 4.57. The number of aromatic nitrogens is 1. The van der Waals surface area contributed by atoms with E-state index in [9.17, 15) is 4.39 Å². The predicted molar refractivity (Wildman–Crippen MR) is 62.8 cm³/mol. The lowest BCUT2D eigenvalue weighted by molar-refractivity contribution is 0.255. The fourth-order valence-corrected chi connectivity index (χ4v) is 1.67. The molecule has 0 fully saturated rings. The molecule has 2 N–H and O–H groups in total. The van der Waals surface area contributed by atoms with Crippen LogP contribution in [0.25, 0.3) is 0 Å². The van der Waals surface area contributed by atoms with Crippen molar-refractivity contribution in [1.82, 2.24) is 4.98 Å². The van der Waals surface area contributed by atoms with E-state index in [4.69, 9.17) is 5.11 Å². The number of nitrogens with one attached hydrogen (secondary N) is 1. The van der Waals surface area contributed by atoms with Gasteiger partial charge in [0.15, 0.2) is 0 Å². The zero-order valence-corrected chi connectivity index (χ0v) is 9.62. The number of aliphatic hydroxyl groups excluding tert-OH is 1. The molecule has 4 heteroatoms. The third-order valence-electron chi connectivity index (χ3n) is 2.53. The Balaban J connectivity index is 2.38. The van der Waals surface area contributed by atoms with Crippen molar-refractivity contribution in [1.29, 1.82) is 0 Å². The highest BCUT2D eigenvalue weighted by Gasteiger charge is 2.07. The van der Waals surface area contributed by atoms with Crippen molar-refractivity contribution in [3.63, 3.8) is 0 Å². The minimum Gasteiger partial charge on any atom is -0.396 e. The Bertz CT molecular complexity index is 284. The first-order chi connectivity index (χ1) is 7.76. The lowest BCUT2D eigenvalue weighted by atomic mass is 10.0. The molecule has 0 spiro atoms. The van der Waals surface area contributed by atoms with Crippen LogP contribution in [0.4, 0.5) is 10.2 Å². The molecule has 0 aliphatic rings. The minimum atomic E-state index is -0.328. The highest BCUT2D eigenvalue weighted by atomic mass is 19.1. The predicted octanol–water partition coefficient (Wildman–Crippen LogP) is 2.43. The molecule has 3 nitrogen and oxygen atoms in total. The zero-order chi connectivity index (χ0) is 11.8. The van der Waals surface area contributed by atoms with Gasteiger partial charge in [-0.05, 0) is 30.9 Å². The molecule has 16 heavy (non-hydrogen) atoms. The number of rotatable bonds is 7. The summed E-state index contributed by atoms with van der Waals surface area (Å²) in [5.74, 6) is 0.799. The van der Waals surface area contributed by atoms with Crippen LogP contribution < -0.4 is 5.32 Å². The van der Waals surface area contributed by atoms with Gasteiger partial charge >= 0.3 is 0 Å². The summed E-state index contributed by atoms with van der Waals surface area (Å²) in [6.07, 6.45) is 4.17. The van der Waals surface area contributed by atoms with Crippen LogP contribution in [0.15, 0.2) is 18.3 Å². The first-order valence-corrected chi connectivity index (χ1v) is 5.72. The Morgan fingerprint density at radius 1 is 1.44 bits per heavy atom. The van der Waals surface area contributed by atoms with E-state index in [1.807, 2.05) is 0 Å². The van der Waals surface area contributed by atoms with E-state index < -0.39 is 0 Å². The van der Waals surface area contributed by atoms with Crippen molar-refractivity contribution >= 4 is 5.82 Å². The van der Waals surface area contributed by atoms with Gasteiger partial charge in [-0.1, -0.05) is 13.3 Å². The molecule has 1 heterocycles. The number of pyridine rings is 1. The maximum absolute atomic E-state index is 12.6. The number of hydrogen-bond acceptors (Lipinski definition) is 3. The van der Waals surface area contributed by atoms with Crippen molar-refractivity contribution in [3.05, 3.63) is 24.1 Å². The number of hydrogen-bond donors (Lipinski definition) is 2. The average Bonchev–Trinajstić information content (AvgIpc) is 2.29. The molecule has 0 saturated carbocycles. The number of nitrogens with zero attached hydrogens (tertiary/aromatic N) is 1. The monoisotopic (exact) mass is 226 g/mol. The van der Waals surface area contributed by atoms with Gasteiger partial charge in [-0.25, -0.2) is 9.37 Å². The van der Waals surface area contributed by atoms with Gasteiger partial charge in [0, 0.05) is 13.2 Å². The summed E-state index contributed by atoms with van der Waals surface area (Å²) >= 11 is 0. The molecule has 0 radical (unpaired) electrons. The summed E-state index contributed by atoms with van der Waals surface area (Å²) in [5, 5.41) is 12.1. The van der Waals surface area contributed by atoms with Crippen LogP contribution in [0, 0.1) is 11.7 Å². The quantitative estimate of drug-likeness (QED) is 0.750. The Labute approximate surface area is 95.7 Å². The molecule has 90 valence electrons. The fraction of sp³-hybridized carbons (Fsp3) is 0.583. The van der Waals surface area contributed by atoms with E-state index in [1.54, 1.807) is 6.07 Å². The molecule has 0 aliphatic heterocycles. The first-order valence-electron chi connectivity index (χ1n) is 5.72. The van der Waals surface area contributed by atoms with Crippen LogP contribution in [0.1, 0.15) is 26.2 Å². The van der Waals surface area contributed by atoms with Gasteiger partial charge in [0.2, 0.25) is 0 Å². The molecule has 0 saturated heterocycles. The highest BCUT2D eigenvalue weighted by Crippen LogP contribution is 2.12. The van der Waals surface area contributed by atoms with E-state index in [-0.39, 0.29) is 12.4 Å². The summed E-state index contributed by atoms with van der Waals surface area (Å²) < 4.78 is 12.6. The Kier molecular flexibility index (Phi) is 5.78. The standard InChI is InChI=1S/C12H19FN2O/c1-2-3-10(6-7-16)8-14-12-5-4-11(13)9-15-12/h4-5,9-10,16H,2-3,6-8H2,1H3,(H,14,15). The first kappa shape index (κ1) is 12.9. The molecule has 0 bridgehead atoms. The van der Waals surface area contributed by atoms with Crippen LogP contribution in [-0.4, -0.2) is 23.2 Å². The molecule has 1 atom stereocenters. The summed E-state index contributed by atoms with van der Waals surface area (Å²) in [6.45, 7) is 3.11. The fourth-order valence-electron chi connectivity index (χ4n) is 1.67. The van der Waals surface area contributed by atoms with Crippen LogP contribution >= 0.6 is 0 Å². The SMILES string of the molecule is CCCC(CCO)CNc1ccc(F)cn1. The topological polar surface area (TPSA) is 45.1 Å². The van der Waals surface area contributed by atoms with E-state index in [0.717, 1.165) is 25.8 Å². The second-order valence-electron chi connectivity index (χ2n) is 3.91. The smallest absolute Gasteiger partial charge is 0.141 e. The van der Waals surface area contributed by atoms with E-state index in [1.165, 1.54) is 12.3 Å². The second kappa shape index (κ2) is 7.17. The van der Waals surface area contributed by atoms with Gasteiger partial charge in [-0.2, -0.15) is 0 Å². The molecule has 0 amide bonds. The lowest BCUT2D eigenvalue weighted by Crippen LogP contribution is -2.16. The van der Waals surface area contributed by atoms with Crippen molar-refractivity contribution in [2.24, 2.45) is 5.92 Å². The van der Waals surface area contributed by atoms with Gasteiger partial charge in [-0.3, -0.25) is 0 Å². The summed E-state index contributed by atoms with van der Waals surface area (Å²) in [6, 6.07) is 3.01. The molecule has 1 rings (SSSR count). The van der Waals surface area contributed by atoms with Gasteiger partial charge in [0.1, 0.15) is 11.6 Å². The maximum Gasteiger partial charge on any atom is 0.141 e. The van der Waals surface area contributed by atoms with E-state index in [2.05, 4.69) is 17.2 Å². The third-order valence-corrected chi connectivity index (χ3v) is 2.53. The Morgan fingerprint density at radius 3 is 2.81 bits per heavy atom. The molecule has 0 aliphatic carbocycles. The van der Waals surface area contributed by atoms with E-state index >= 15 is 0 Å². The van der Waals surface area contributed by atoms with Crippen molar-refractivity contribution in [2.45, 2.75) is 26.2 Å². The largest absolute Gasteiger partial charge is 0.396 e. The van der Waals surface area contributed by atoms with Crippen LogP contribution in [-0.2, 0) is 0 Å². The minimum absolute atomic E-state index is 0.212. The number of halogens is 1. The van der Waals surface area contributed by atoms with Crippen molar-refractivity contribution in [2.75, 3.05) is 18.5 Å². The van der Waals surface area contributed by atoms with Crippen molar-refractivity contribution < 1.29 is 9.50 Å². The second-order valence-corrected chi connectivity index (χ2v) is 3.91. The molecular formula is C12H19FN2O. The summed E-state index contributed by atoms with van der Waals surface area (Å²) in [5.41, 5.74) is 0. The zero-order valence-electron chi connectivity index (χ0n) is 9.62. The van der Waals surface area contributed by atoms with Crippen LogP contribution in [0.2, 0.25) is 0 Å². The Hall–Kier alpha value is -1.16. The molecular weight excluding hydrogens is 207 g/mol. The number of anilines is 1. The molecule has 1 unspecified atom stereocenters. The average molecular weight is 226 g/mol. The van der Waals surface area contributed by atoms with Gasteiger partial charge < -0.3 is 10.4 Å². The lowest BCUT2D eigenvalue weighted by Gasteiger charge is -2.15.